The molecule has 4 aromatic rings. The Bertz CT molecular complexity index is 1210. The number of para-hydroxylation sites is 1. The number of fused-ring (bicyclic) bond motifs is 2. The molecule has 5 heteroatoms. The Balaban J connectivity index is 2.10. The molecule has 0 unspecified atom stereocenters. The van der Waals surface area contributed by atoms with Gasteiger partial charge in [-0.05, 0) is 30.7 Å². The van der Waals surface area contributed by atoms with Crippen molar-refractivity contribution in [1.29, 1.82) is 0 Å². The summed E-state index contributed by atoms with van der Waals surface area (Å²) in [6.07, 6.45) is 0. The SMILES string of the molecule is Cc1cc(=O)oc2c(-c3cc4ccc(O)cc4oc3=O)cccc12. The Morgan fingerprint density at radius 3 is 2.58 bits per heavy atom. The highest BCUT2D eigenvalue weighted by molar-refractivity contribution is 5.95. The lowest BCUT2D eigenvalue weighted by Crippen LogP contribution is -2.04. The van der Waals surface area contributed by atoms with Gasteiger partial charge in [-0.2, -0.15) is 0 Å². The van der Waals surface area contributed by atoms with E-state index in [2.05, 4.69) is 0 Å². The minimum atomic E-state index is -0.565. The quantitative estimate of drug-likeness (QED) is 0.542. The standard InChI is InChI=1S/C19H12O5/c1-10-7-17(21)24-18-13(10)3-2-4-14(18)15-8-11-5-6-12(20)9-16(11)23-19(15)22/h2-9,20H,1H3. The van der Waals surface area contributed by atoms with Gasteiger partial charge in [0.15, 0.2) is 0 Å². The normalized spacial score (nSPS) is 11.2. The van der Waals surface area contributed by atoms with Crippen LogP contribution in [0.4, 0.5) is 0 Å². The van der Waals surface area contributed by atoms with Gasteiger partial charge in [0.05, 0.1) is 5.56 Å². The number of hydrogen-bond donors (Lipinski definition) is 1. The predicted molar refractivity (Wildman–Crippen MR) is 90.4 cm³/mol. The number of phenolic OH excluding ortho intramolecular Hbond substituents is 1. The maximum atomic E-state index is 12.4. The summed E-state index contributed by atoms with van der Waals surface area (Å²) in [6.45, 7) is 1.81. The number of aromatic hydroxyl groups is 1. The van der Waals surface area contributed by atoms with E-state index in [-0.39, 0.29) is 5.75 Å². The largest absolute Gasteiger partial charge is 0.508 e. The molecule has 0 bridgehead atoms. The van der Waals surface area contributed by atoms with E-state index in [9.17, 15) is 14.7 Å². The van der Waals surface area contributed by atoms with Crippen LogP contribution in [0.15, 0.2) is 67.0 Å². The van der Waals surface area contributed by atoms with Gasteiger partial charge in [-0.1, -0.05) is 18.2 Å². The molecule has 0 atom stereocenters. The number of hydrogen-bond acceptors (Lipinski definition) is 5. The van der Waals surface area contributed by atoms with Gasteiger partial charge in [0.2, 0.25) is 0 Å². The maximum absolute atomic E-state index is 12.4. The van der Waals surface area contributed by atoms with Gasteiger partial charge in [-0.25, -0.2) is 9.59 Å². The summed E-state index contributed by atoms with van der Waals surface area (Å²) >= 11 is 0. The van der Waals surface area contributed by atoms with Gasteiger partial charge in [-0.3, -0.25) is 0 Å². The predicted octanol–water partition coefficient (Wildman–Crippen LogP) is 3.58. The van der Waals surface area contributed by atoms with Crippen LogP contribution in [0.1, 0.15) is 5.56 Å². The molecule has 118 valence electrons. The van der Waals surface area contributed by atoms with E-state index < -0.39 is 11.3 Å². The first-order valence-electron chi connectivity index (χ1n) is 7.34. The summed E-state index contributed by atoms with van der Waals surface area (Å²) in [4.78, 5) is 24.1. The fourth-order valence-corrected chi connectivity index (χ4v) is 2.84. The molecule has 0 aliphatic heterocycles. The van der Waals surface area contributed by atoms with Crippen LogP contribution in [0, 0.1) is 6.92 Å². The zero-order valence-electron chi connectivity index (χ0n) is 12.7. The third-order valence-corrected chi connectivity index (χ3v) is 3.99. The van der Waals surface area contributed by atoms with E-state index in [1.165, 1.54) is 18.2 Å². The van der Waals surface area contributed by atoms with E-state index in [0.717, 1.165) is 10.9 Å². The fraction of sp³-hybridized carbons (Fsp3) is 0.0526. The summed E-state index contributed by atoms with van der Waals surface area (Å²) in [5, 5.41) is 10.9. The van der Waals surface area contributed by atoms with E-state index in [1.54, 1.807) is 24.3 Å². The van der Waals surface area contributed by atoms with Crippen LogP contribution < -0.4 is 11.3 Å². The Morgan fingerprint density at radius 1 is 0.917 bits per heavy atom. The summed E-state index contributed by atoms with van der Waals surface area (Å²) in [6, 6.07) is 13.0. The molecule has 2 aromatic carbocycles. The first kappa shape index (κ1) is 14.3. The number of phenols is 1. The highest BCUT2D eigenvalue weighted by Crippen LogP contribution is 2.29. The van der Waals surface area contributed by atoms with Crippen molar-refractivity contribution in [3.8, 4) is 16.9 Å². The third kappa shape index (κ3) is 2.18. The topological polar surface area (TPSA) is 80.7 Å². The minimum absolute atomic E-state index is 0.0187. The summed E-state index contributed by atoms with van der Waals surface area (Å²) in [7, 11) is 0. The Labute approximate surface area is 135 Å². The highest BCUT2D eigenvalue weighted by Gasteiger charge is 2.14. The molecule has 0 amide bonds. The van der Waals surface area contributed by atoms with Crippen LogP contribution in [0.3, 0.4) is 0 Å². The monoisotopic (exact) mass is 320 g/mol. The molecule has 2 aromatic heterocycles. The lowest BCUT2D eigenvalue weighted by atomic mass is 10.0. The van der Waals surface area contributed by atoms with Crippen molar-refractivity contribution >= 4 is 21.9 Å². The summed E-state index contributed by atoms with van der Waals surface area (Å²) in [5.74, 6) is 0.0187. The molecule has 0 radical (unpaired) electrons. The second-order valence-electron chi connectivity index (χ2n) is 5.60. The minimum Gasteiger partial charge on any atom is -0.508 e. The molecular formula is C19H12O5. The second-order valence-corrected chi connectivity index (χ2v) is 5.60. The molecular weight excluding hydrogens is 308 g/mol. The Hall–Kier alpha value is -3.34. The van der Waals surface area contributed by atoms with Crippen LogP contribution in [0.5, 0.6) is 5.75 Å². The Morgan fingerprint density at radius 2 is 1.75 bits per heavy atom. The zero-order chi connectivity index (χ0) is 16.8. The van der Waals surface area contributed by atoms with E-state index in [4.69, 9.17) is 8.83 Å². The van der Waals surface area contributed by atoms with Gasteiger partial charge in [-0.15, -0.1) is 0 Å². The summed E-state index contributed by atoms with van der Waals surface area (Å²) in [5.41, 5.74) is 1.18. The van der Waals surface area contributed by atoms with Crippen molar-refractivity contribution in [2.75, 3.05) is 0 Å². The summed E-state index contributed by atoms with van der Waals surface area (Å²) < 4.78 is 10.6. The first-order valence-corrected chi connectivity index (χ1v) is 7.34. The molecule has 4 rings (SSSR count). The van der Waals surface area contributed by atoms with Crippen LogP contribution in [0.2, 0.25) is 0 Å². The average molecular weight is 320 g/mol. The van der Waals surface area contributed by atoms with Crippen molar-refractivity contribution in [2.45, 2.75) is 6.92 Å². The molecule has 0 aliphatic rings. The molecule has 0 fully saturated rings. The van der Waals surface area contributed by atoms with Crippen molar-refractivity contribution < 1.29 is 13.9 Å². The highest BCUT2D eigenvalue weighted by atomic mass is 16.4. The zero-order valence-corrected chi connectivity index (χ0v) is 12.7. The first-order chi connectivity index (χ1) is 11.5. The van der Waals surface area contributed by atoms with Gasteiger partial charge in [0.1, 0.15) is 16.9 Å². The number of aryl methyl sites for hydroxylation is 1. The number of benzene rings is 2. The van der Waals surface area contributed by atoms with E-state index in [1.807, 2.05) is 13.0 Å². The van der Waals surface area contributed by atoms with Crippen molar-refractivity contribution in [2.24, 2.45) is 0 Å². The van der Waals surface area contributed by atoms with Gasteiger partial charge < -0.3 is 13.9 Å². The third-order valence-electron chi connectivity index (χ3n) is 3.99. The van der Waals surface area contributed by atoms with Crippen molar-refractivity contribution in [3.63, 3.8) is 0 Å². The van der Waals surface area contributed by atoms with Crippen LogP contribution >= 0.6 is 0 Å². The smallest absolute Gasteiger partial charge is 0.344 e. The molecule has 24 heavy (non-hydrogen) atoms. The molecule has 2 heterocycles. The van der Waals surface area contributed by atoms with Crippen molar-refractivity contribution in [3.05, 3.63) is 74.9 Å². The van der Waals surface area contributed by atoms with Gasteiger partial charge >= 0.3 is 11.3 Å². The van der Waals surface area contributed by atoms with Crippen LogP contribution in [-0.4, -0.2) is 5.11 Å². The molecule has 0 aliphatic carbocycles. The average Bonchev–Trinajstić information content (AvgIpc) is 2.54. The van der Waals surface area contributed by atoms with E-state index >= 15 is 0 Å². The number of rotatable bonds is 1. The lowest BCUT2D eigenvalue weighted by Gasteiger charge is -2.07. The second kappa shape index (κ2) is 5.09. The van der Waals surface area contributed by atoms with Gasteiger partial charge in [0, 0.05) is 28.5 Å². The molecule has 1 N–H and O–H groups in total. The molecule has 5 nitrogen and oxygen atoms in total. The van der Waals surface area contributed by atoms with Crippen molar-refractivity contribution in [1.82, 2.24) is 0 Å². The van der Waals surface area contributed by atoms with Gasteiger partial charge in [0.25, 0.3) is 0 Å². The lowest BCUT2D eigenvalue weighted by molar-refractivity contribution is 0.473. The maximum Gasteiger partial charge on any atom is 0.344 e. The molecule has 0 saturated heterocycles. The molecule has 0 saturated carbocycles. The van der Waals surface area contributed by atoms with Crippen LogP contribution in [-0.2, 0) is 0 Å². The molecule has 0 spiro atoms. The Kier molecular flexibility index (Phi) is 3.03. The fourth-order valence-electron chi connectivity index (χ4n) is 2.84. The van der Waals surface area contributed by atoms with Crippen LogP contribution in [0.25, 0.3) is 33.1 Å². The van der Waals surface area contributed by atoms with E-state index in [0.29, 0.717) is 27.7 Å².